The molecule has 0 saturated carbocycles. The highest BCUT2D eigenvalue weighted by Crippen LogP contribution is 2.27. The molecule has 0 aliphatic carbocycles. The predicted octanol–water partition coefficient (Wildman–Crippen LogP) is 3.96. The lowest BCUT2D eigenvalue weighted by molar-refractivity contribution is 0.122. The fourth-order valence-electron chi connectivity index (χ4n) is 3.85. The number of rotatable bonds is 6. The Kier molecular flexibility index (Phi) is 5.50. The molecule has 0 atom stereocenters. The minimum atomic E-state index is 0.690. The number of ether oxygens (including phenoxy) is 1. The van der Waals surface area contributed by atoms with Gasteiger partial charge >= 0.3 is 0 Å². The van der Waals surface area contributed by atoms with Crippen molar-refractivity contribution in [1.29, 1.82) is 0 Å². The third-order valence-electron chi connectivity index (χ3n) is 5.51. The lowest BCUT2D eigenvalue weighted by atomic mass is 10.1. The van der Waals surface area contributed by atoms with Crippen molar-refractivity contribution in [2.75, 3.05) is 36.5 Å². The van der Waals surface area contributed by atoms with Crippen molar-refractivity contribution in [2.24, 2.45) is 0 Å². The molecule has 7 nitrogen and oxygen atoms in total. The number of hydrogen-bond acceptors (Lipinski definition) is 6. The topological polar surface area (TPSA) is 68.1 Å². The SMILES string of the molecule is Cc1cccc(Nc2nc(N3CCOCC3)nc3c2cnn3CCc2ccccc2)c1. The van der Waals surface area contributed by atoms with Crippen LogP contribution in [0, 0.1) is 6.92 Å². The van der Waals surface area contributed by atoms with Crippen molar-refractivity contribution in [1.82, 2.24) is 19.7 Å². The van der Waals surface area contributed by atoms with Gasteiger partial charge in [0.05, 0.1) is 24.8 Å². The summed E-state index contributed by atoms with van der Waals surface area (Å²) < 4.78 is 7.50. The van der Waals surface area contributed by atoms with Gasteiger partial charge in [-0.25, -0.2) is 4.68 Å². The second kappa shape index (κ2) is 8.73. The first kappa shape index (κ1) is 19.5. The first-order chi connectivity index (χ1) is 15.3. The van der Waals surface area contributed by atoms with Gasteiger partial charge in [0.2, 0.25) is 5.95 Å². The first-order valence-electron chi connectivity index (χ1n) is 10.7. The zero-order valence-electron chi connectivity index (χ0n) is 17.7. The van der Waals surface area contributed by atoms with Crippen molar-refractivity contribution in [3.8, 4) is 0 Å². The van der Waals surface area contributed by atoms with Gasteiger partial charge in [-0.2, -0.15) is 15.1 Å². The van der Waals surface area contributed by atoms with Crippen molar-refractivity contribution < 1.29 is 4.74 Å². The van der Waals surface area contributed by atoms with Gasteiger partial charge in [0.1, 0.15) is 5.82 Å². The molecule has 0 unspecified atom stereocenters. The number of aromatic nitrogens is 4. The monoisotopic (exact) mass is 414 g/mol. The van der Waals surface area contributed by atoms with Gasteiger partial charge < -0.3 is 15.0 Å². The van der Waals surface area contributed by atoms with Gasteiger partial charge in [-0.15, -0.1) is 0 Å². The molecule has 0 amide bonds. The highest BCUT2D eigenvalue weighted by atomic mass is 16.5. The van der Waals surface area contributed by atoms with Crippen LogP contribution < -0.4 is 10.2 Å². The molecule has 3 heterocycles. The van der Waals surface area contributed by atoms with Crippen LogP contribution in [0.3, 0.4) is 0 Å². The summed E-state index contributed by atoms with van der Waals surface area (Å²) in [5.74, 6) is 1.50. The molecular weight excluding hydrogens is 388 g/mol. The van der Waals surface area contributed by atoms with E-state index in [4.69, 9.17) is 14.7 Å². The third kappa shape index (κ3) is 4.36. The van der Waals surface area contributed by atoms with Gasteiger partial charge in [-0.3, -0.25) is 0 Å². The Bertz CT molecular complexity index is 1170. The number of hydrogen-bond donors (Lipinski definition) is 1. The molecule has 1 saturated heterocycles. The van der Waals surface area contributed by atoms with E-state index in [9.17, 15) is 0 Å². The number of fused-ring (bicyclic) bond motifs is 1. The number of aryl methyl sites for hydroxylation is 3. The normalized spacial score (nSPS) is 14.2. The summed E-state index contributed by atoms with van der Waals surface area (Å²) in [5.41, 5.74) is 4.33. The van der Waals surface area contributed by atoms with Crippen LogP contribution in [0.15, 0.2) is 60.8 Å². The van der Waals surface area contributed by atoms with Crippen LogP contribution in [0.5, 0.6) is 0 Å². The zero-order valence-corrected chi connectivity index (χ0v) is 17.7. The first-order valence-corrected chi connectivity index (χ1v) is 10.7. The van der Waals surface area contributed by atoms with Crippen molar-refractivity contribution in [3.05, 3.63) is 71.9 Å². The zero-order chi connectivity index (χ0) is 21.0. The quantitative estimate of drug-likeness (QED) is 0.515. The molecule has 0 bridgehead atoms. The van der Waals surface area contributed by atoms with E-state index < -0.39 is 0 Å². The van der Waals surface area contributed by atoms with Crippen LogP contribution in [0.1, 0.15) is 11.1 Å². The lowest BCUT2D eigenvalue weighted by Crippen LogP contribution is -2.37. The van der Waals surface area contributed by atoms with Crippen LogP contribution >= 0.6 is 0 Å². The van der Waals surface area contributed by atoms with Crippen LogP contribution in [-0.2, 0) is 17.7 Å². The van der Waals surface area contributed by atoms with E-state index in [2.05, 4.69) is 64.7 Å². The van der Waals surface area contributed by atoms with Gasteiger partial charge in [0, 0.05) is 25.3 Å². The maximum Gasteiger partial charge on any atom is 0.229 e. The van der Waals surface area contributed by atoms with Crippen LogP contribution in [-0.4, -0.2) is 46.1 Å². The van der Waals surface area contributed by atoms with E-state index in [1.54, 1.807) is 0 Å². The van der Waals surface area contributed by atoms with E-state index in [-0.39, 0.29) is 0 Å². The summed E-state index contributed by atoms with van der Waals surface area (Å²) in [4.78, 5) is 12.0. The Balaban J connectivity index is 1.51. The summed E-state index contributed by atoms with van der Waals surface area (Å²) in [5, 5.41) is 9.06. The molecule has 7 heteroatoms. The summed E-state index contributed by atoms with van der Waals surface area (Å²) in [6.07, 6.45) is 2.76. The molecule has 1 N–H and O–H groups in total. The summed E-state index contributed by atoms with van der Waals surface area (Å²) in [6, 6.07) is 18.8. The van der Waals surface area contributed by atoms with E-state index in [0.29, 0.717) is 19.2 Å². The number of nitrogens with one attached hydrogen (secondary N) is 1. The molecule has 1 aliphatic heterocycles. The summed E-state index contributed by atoms with van der Waals surface area (Å²) >= 11 is 0. The third-order valence-corrected chi connectivity index (χ3v) is 5.51. The van der Waals surface area contributed by atoms with Crippen molar-refractivity contribution >= 4 is 28.5 Å². The minimum absolute atomic E-state index is 0.690. The molecule has 31 heavy (non-hydrogen) atoms. The standard InChI is InChI=1S/C24H26N6O/c1-18-6-5-9-20(16-18)26-22-21-17-25-30(11-10-19-7-3-2-4-8-19)23(21)28-24(27-22)29-12-14-31-15-13-29/h2-9,16-17H,10-15H2,1H3,(H,26,27,28). The molecule has 2 aromatic carbocycles. The maximum absolute atomic E-state index is 5.51. The second-order valence-corrected chi connectivity index (χ2v) is 7.81. The Morgan fingerprint density at radius 1 is 1.00 bits per heavy atom. The van der Waals surface area contributed by atoms with Crippen LogP contribution in [0.2, 0.25) is 0 Å². The molecule has 2 aromatic heterocycles. The Morgan fingerprint density at radius 3 is 2.65 bits per heavy atom. The average molecular weight is 415 g/mol. The van der Waals surface area contributed by atoms with Crippen molar-refractivity contribution in [2.45, 2.75) is 19.9 Å². The largest absolute Gasteiger partial charge is 0.378 e. The number of nitrogens with zero attached hydrogens (tertiary/aromatic N) is 5. The highest BCUT2D eigenvalue weighted by molar-refractivity contribution is 5.89. The molecule has 0 radical (unpaired) electrons. The smallest absolute Gasteiger partial charge is 0.229 e. The van der Waals surface area contributed by atoms with E-state index in [1.807, 2.05) is 23.0 Å². The molecule has 0 spiro atoms. The van der Waals surface area contributed by atoms with E-state index in [0.717, 1.165) is 48.6 Å². The summed E-state index contributed by atoms with van der Waals surface area (Å²) in [6.45, 7) is 5.80. The fourth-order valence-corrected chi connectivity index (χ4v) is 3.85. The number of anilines is 3. The van der Waals surface area contributed by atoms with Gasteiger partial charge in [-0.05, 0) is 36.6 Å². The molecular formula is C24H26N6O. The van der Waals surface area contributed by atoms with Gasteiger partial charge in [0.15, 0.2) is 5.65 Å². The van der Waals surface area contributed by atoms with E-state index in [1.165, 1.54) is 11.1 Å². The predicted molar refractivity (Wildman–Crippen MR) is 123 cm³/mol. The highest BCUT2D eigenvalue weighted by Gasteiger charge is 2.19. The fraction of sp³-hybridized carbons (Fsp3) is 0.292. The average Bonchev–Trinajstić information content (AvgIpc) is 3.22. The number of morpholine rings is 1. The van der Waals surface area contributed by atoms with E-state index >= 15 is 0 Å². The lowest BCUT2D eigenvalue weighted by Gasteiger charge is -2.27. The summed E-state index contributed by atoms with van der Waals surface area (Å²) in [7, 11) is 0. The molecule has 4 aromatic rings. The Morgan fingerprint density at radius 2 is 1.84 bits per heavy atom. The Labute approximate surface area is 181 Å². The second-order valence-electron chi connectivity index (χ2n) is 7.81. The number of benzene rings is 2. The van der Waals surface area contributed by atoms with Gasteiger partial charge in [0.25, 0.3) is 0 Å². The molecule has 158 valence electrons. The van der Waals surface area contributed by atoms with Gasteiger partial charge in [-0.1, -0.05) is 42.5 Å². The molecule has 1 aliphatic rings. The minimum Gasteiger partial charge on any atom is -0.378 e. The molecule has 1 fully saturated rings. The van der Waals surface area contributed by atoms with Crippen LogP contribution in [0.4, 0.5) is 17.5 Å². The maximum atomic E-state index is 5.51. The molecule has 5 rings (SSSR count). The Hall–Kier alpha value is -3.45. The van der Waals surface area contributed by atoms with Crippen LogP contribution in [0.25, 0.3) is 11.0 Å². The van der Waals surface area contributed by atoms with Crippen molar-refractivity contribution in [3.63, 3.8) is 0 Å².